The second kappa shape index (κ2) is 5.28. The van der Waals surface area contributed by atoms with Crippen LogP contribution in [0.25, 0.3) is 0 Å². The van der Waals surface area contributed by atoms with Crippen LogP contribution in [-0.4, -0.2) is 0 Å². The van der Waals surface area contributed by atoms with Gasteiger partial charge in [-0.05, 0) is 66.3 Å². The lowest BCUT2D eigenvalue weighted by molar-refractivity contribution is -0.0506. The van der Waals surface area contributed by atoms with Crippen LogP contribution in [0, 0.1) is 28.6 Å². The molecule has 1 saturated carbocycles. The maximum Gasteiger partial charge on any atom is -0.0105 e. The molecule has 0 N–H and O–H groups in total. The van der Waals surface area contributed by atoms with E-state index < -0.39 is 0 Å². The third-order valence-electron chi connectivity index (χ3n) is 7.51. The Balaban J connectivity index is 1.97. The van der Waals surface area contributed by atoms with Crippen LogP contribution in [0.3, 0.4) is 0 Å². The predicted molar refractivity (Wildman–Crippen MR) is 92.2 cm³/mol. The number of rotatable bonds is 2. The van der Waals surface area contributed by atoms with Crippen molar-refractivity contribution < 1.29 is 0 Å². The van der Waals surface area contributed by atoms with Crippen molar-refractivity contribution in [2.75, 3.05) is 0 Å². The number of hydrogen-bond donors (Lipinski definition) is 0. The van der Waals surface area contributed by atoms with Gasteiger partial charge in [-0.2, -0.15) is 0 Å². The van der Waals surface area contributed by atoms with E-state index in [1.165, 1.54) is 44.9 Å². The van der Waals surface area contributed by atoms with Gasteiger partial charge in [-0.3, -0.25) is 0 Å². The fourth-order valence-electron chi connectivity index (χ4n) is 5.90. The molecule has 0 unspecified atom stereocenters. The lowest BCUT2D eigenvalue weighted by Gasteiger charge is -2.58. The molecule has 0 saturated heterocycles. The summed E-state index contributed by atoms with van der Waals surface area (Å²) in [5.74, 6) is 2.47. The molecule has 0 heterocycles. The number of hydrogen-bond acceptors (Lipinski definition) is 0. The first-order chi connectivity index (χ1) is 9.90. The fourth-order valence-corrected chi connectivity index (χ4v) is 5.90. The van der Waals surface area contributed by atoms with Crippen molar-refractivity contribution in [3.05, 3.63) is 23.3 Å². The lowest BCUT2D eigenvalue weighted by Crippen LogP contribution is -2.49. The molecule has 3 rings (SSSR count). The highest BCUT2D eigenvalue weighted by atomic mass is 14.6. The normalized spacial score (nSPS) is 43.0. The van der Waals surface area contributed by atoms with E-state index >= 15 is 0 Å². The van der Waals surface area contributed by atoms with Crippen LogP contribution in [0.4, 0.5) is 0 Å². The molecular formula is C21H34. The van der Waals surface area contributed by atoms with Gasteiger partial charge in [0.25, 0.3) is 0 Å². The molecule has 0 aliphatic heterocycles. The van der Waals surface area contributed by atoms with E-state index in [9.17, 15) is 0 Å². The van der Waals surface area contributed by atoms with Crippen LogP contribution >= 0.6 is 0 Å². The molecule has 0 spiro atoms. The molecular weight excluding hydrogens is 252 g/mol. The second-order valence-electron chi connectivity index (χ2n) is 8.82. The fraction of sp³-hybridized carbons (Fsp3) is 0.810. The SMILES string of the molecule is CC[C@]1(C)CCC[C@]2(C)[C@H]3CCC(C(C)C)=CC3=CC[C@@H]12. The minimum atomic E-state index is 0.562. The van der Waals surface area contributed by atoms with Crippen molar-refractivity contribution in [3.63, 3.8) is 0 Å². The van der Waals surface area contributed by atoms with Crippen LogP contribution < -0.4 is 0 Å². The Morgan fingerprint density at radius 1 is 1.24 bits per heavy atom. The minimum absolute atomic E-state index is 0.562. The first-order valence-corrected chi connectivity index (χ1v) is 9.31. The number of fused-ring (bicyclic) bond motifs is 3. The van der Waals surface area contributed by atoms with E-state index in [4.69, 9.17) is 0 Å². The van der Waals surface area contributed by atoms with Gasteiger partial charge in [-0.15, -0.1) is 0 Å². The van der Waals surface area contributed by atoms with Gasteiger partial charge in [-0.25, -0.2) is 0 Å². The smallest absolute Gasteiger partial charge is 0.0105 e. The molecule has 4 atom stereocenters. The van der Waals surface area contributed by atoms with Crippen LogP contribution in [-0.2, 0) is 0 Å². The minimum Gasteiger partial charge on any atom is -0.0807 e. The zero-order chi connectivity index (χ0) is 15.3. The van der Waals surface area contributed by atoms with E-state index in [-0.39, 0.29) is 0 Å². The molecule has 0 radical (unpaired) electrons. The van der Waals surface area contributed by atoms with Gasteiger partial charge in [0.15, 0.2) is 0 Å². The zero-order valence-corrected chi connectivity index (χ0v) is 14.8. The molecule has 0 nitrogen and oxygen atoms in total. The standard InChI is InChI=1S/C21H34/c1-6-20(4)12-7-13-21(5)18-10-8-16(15(2)3)14-17(18)9-11-19(20)21/h9,14-15,18-19H,6-8,10-13H2,1-5H3/t18-,19-,20+,21+/m0/s1. The van der Waals surface area contributed by atoms with Crippen molar-refractivity contribution >= 4 is 0 Å². The van der Waals surface area contributed by atoms with Crippen molar-refractivity contribution in [3.8, 4) is 0 Å². The highest BCUT2D eigenvalue weighted by Crippen LogP contribution is 2.62. The van der Waals surface area contributed by atoms with Gasteiger partial charge in [0.1, 0.15) is 0 Å². The van der Waals surface area contributed by atoms with E-state index in [1.807, 2.05) is 0 Å². The third kappa shape index (κ3) is 2.34. The largest absolute Gasteiger partial charge is 0.0807 e. The molecule has 3 aliphatic rings. The van der Waals surface area contributed by atoms with Crippen molar-refractivity contribution in [1.29, 1.82) is 0 Å². The Bertz CT molecular complexity index is 466. The Kier molecular flexibility index (Phi) is 3.87. The van der Waals surface area contributed by atoms with Gasteiger partial charge in [0.05, 0.1) is 0 Å². The molecule has 21 heavy (non-hydrogen) atoms. The molecule has 0 aromatic heterocycles. The quantitative estimate of drug-likeness (QED) is 0.541. The van der Waals surface area contributed by atoms with Crippen molar-refractivity contribution in [2.24, 2.45) is 28.6 Å². The summed E-state index contributed by atoms with van der Waals surface area (Å²) in [6.45, 7) is 12.3. The summed E-state index contributed by atoms with van der Waals surface area (Å²) < 4.78 is 0. The van der Waals surface area contributed by atoms with Gasteiger partial charge < -0.3 is 0 Å². The van der Waals surface area contributed by atoms with E-state index in [1.54, 1.807) is 11.1 Å². The van der Waals surface area contributed by atoms with Gasteiger partial charge in [0, 0.05) is 0 Å². The maximum absolute atomic E-state index is 2.64. The molecule has 118 valence electrons. The van der Waals surface area contributed by atoms with E-state index in [0.29, 0.717) is 10.8 Å². The Hall–Kier alpha value is -0.520. The summed E-state index contributed by atoms with van der Waals surface area (Å²) in [6, 6.07) is 0. The summed E-state index contributed by atoms with van der Waals surface area (Å²) in [6.07, 6.45) is 15.0. The first-order valence-electron chi connectivity index (χ1n) is 9.31. The predicted octanol–water partition coefficient (Wildman–Crippen LogP) is 6.53. The first kappa shape index (κ1) is 15.4. The van der Waals surface area contributed by atoms with Crippen LogP contribution in [0.1, 0.15) is 79.6 Å². The second-order valence-corrected chi connectivity index (χ2v) is 8.82. The molecule has 0 aromatic rings. The summed E-state index contributed by atoms with van der Waals surface area (Å²) in [5.41, 5.74) is 4.53. The zero-order valence-electron chi connectivity index (χ0n) is 14.8. The summed E-state index contributed by atoms with van der Waals surface area (Å²) >= 11 is 0. The van der Waals surface area contributed by atoms with Crippen LogP contribution in [0.5, 0.6) is 0 Å². The average molecular weight is 287 g/mol. The van der Waals surface area contributed by atoms with Crippen LogP contribution in [0.15, 0.2) is 23.3 Å². The Morgan fingerprint density at radius 3 is 2.67 bits per heavy atom. The lowest BCUT2D eigenvalue weighted by atomic mass is 9.46. The maximum atomic E-state index is 2.64. The molecule has 0 heteroatoms. The van der Waals surface area contributed by atoms with Crippen LogP contribution in [0.2, 0.25) is 0 Å². The highest BCUT2D eigenvalue weighted by molar-refractivity contribution is 5.35. The van der Waals surface area contributed by atoms with E-state index in [2.05, 4.69) is 46.8 Å². The summed E-state index contributed by atoms with van der Waals surface area (Å²) in [7, 11) is 0. The molecule has 0 aromatic carbocycles. The van der Waals surface area contributed by atoms with E-state index in [0.717, 1.165) is 17.8 Å². The Morgan fingerprint density at radius 2 is 2.00 bits per heavy atom. The van der Waals surface area contributed by atoms with Gasteiger partial charge in [-0.1, -0.05) is 65.2 Å². The van der Waals surface area contributed by atoms with Gasteiger partial charge in [0.2, 0.25) is 0 Å². The number of allylic oxidation sites excluding steroid dienone is 4. The topological polar surface area (TPSA) is 0 Å². The average Bonchev–Trinajstić information content (AvgIpc) is 2.46. The Labute approximate surface area is 132 Å². The third-order valence-corrected chi connectivity index (χ3v) is 7.51. The van der Waals surface area contributed by atoms with Gasteiger partial charge >= 0.3 is 0 Å². The molecule has 1 fully saturated rings. The highest BCUT2D eigenvalue weighted by Gasteiger charge is 2.53. The molecule has 3 aliphatic carbocycles. The summed E-state index contributed by atoms with van der Waals surface area (Å²) in [5, 5.41) is 0. The molecule has 0 amide bonds. The molecule has 0 bridgehead atoms. The monoisotopic (exact) mass is 286 g/mol. The summed E-state index contributed by atoms with van der Waals surface area (Å²) in [4.78, 5) is 0. The van der Waals surface area contributed by atoms with Crippen molar-refractivity contribution in [2.45, 2.75) is 79.6 Å². The van der Waals surface area contributed by atoms with Crippen molar-refractivity contribution in [1.82, 2.24) is 0 Å².